The zero-order valence-corrected chi connectivity index (χ0v) is 11.4. The number of carbonyl (C=O) groups excluding carboxylic acids is 1. The van der Waals surface area contributed by atoms with Gasteiger partial charge in [-0.1, -0.05) is 0 Å². The zero-order chi connectivity index (χ0) is 14.2. The lowest BCUT2D eigenvalue weighted by Gasteiger charge is -2.06. The molecule has 0 atom stereocenters. The van der Waals surface area contributed by atoms with Crippen LogP contribution in [-0.4, -0.2) is 38.7 Å². The van der Waals surface area contributed by atoms with Gasteiger partial charge in [-0.15, -0.1) is 10.2 Å². The number of aromatic nitrogens is 4. The van der Waals surface area contributed by atoms with E-state index in [4.69, 9.17) is 0 Å². The molecule has 0 fully saturated rings. The second kappa shape index (κ2) is 7.22. The maximum Gasteiger partial charge on any atom is 0.271 e. The number of aryl methyl sites for hydroxylation is 1. The smallest absolute Gasteiger partial charge is 0.271 e. The first kappa shape index (κ1) is 14.0. The van der Waals surface area contributed by atoms with Crippen LogP contribution in [0.4, 0.5) is 5.82 Å². The number of carbonyl (C=O) groups is 1. The van der Waals surface area contributed by atoms with E-state index < -0.39 is 0 Å². The van der Waals surface area contributed by atoms with Crippen molar-refractivity contribution < 1.29 is 4.79 Å². The van der Waals surface area contributed by atoms with Crippen LogP contribution in [0.2, 0.25) is 0 Å². The predicted molar refractivity (Wildman–Crippen MR) is 75.4 cm³/mol. The third kappa shape index (κ3) is 4.04. The maximum atomic E-state index is 11.5. The topological polar surface area (TPSA) is 84.7 Å². The number of nitrogens with zero attached hydrogens (tertiary/aromatic N) is 4. The van der Waals surface area contributed by atoms with Crippen molar-refractivity contribution in [1.29, 1.82) is 0 Å². The average molecular weight is 274 g/mol. The highest BCUT2D eigenvalue weighted by atomic mass is 16.1. The normalized spacial score (nSPS) is 10.2. The van der Waals surface area contributed by atoms with Crippen molar-refractivity contribution in [3.05, 3.63) is 36.5 Å². The summed E-state index contributed by atoms with van der Waals surface area (Å²) in [5.41, 5.74) is 0.329. The Morgan fingerprint density at radius 1 is 1.35 bits per heavy atom. The van der Waals surface area contributed by atoms with Gasteiger partial charge in [0.15, 0.2) is 5.69 Å². The Labute approximate surface area is 117 Å². The molecule has 1 amide bonds. The van der Waals surface area contributed by atoms with E-state index in [1.54, 1.807) is 24.7 Å². The van der Waals surface area contributed by atoms with Crippen LogP contribution in [0.5, 0.6) is 0 Å². The minimum Gasteiger partial charge on any atom is -0.369 e. The summed E-state index contributed by atoms with van der Waals surface area (Å²) in [5.74, 6) is 0.468. The van der Waals surface area contributed by atoms with Gasteiger partial charge in [0, 0.05) is 32.0 Å². The lowest BCUT2D eigenvalue weighted by atomic mass is 10.3. The third-order valence-corrected chi connectivity index (χ3v) is 2.69. The second-order valence-electron chi connectivity index (χ2n) is 4.24. The number of imidazole rings is 1. The van der Waals surface area contributed by atoms with Crippen LogP contribution in [-0.2, 0) is 6.54 Å². The summed E-state index contributed by atoms with van der Waals surface area (Å²) < 4.78 is 2.02. The summed E-state index contributed by atoms with van der Waals surface area (Å²) >= 11 is 0. The molecular formula is C13H18N6O. The van der Waals surface area contributed by atoms with Crippen molar-refractivity contribution in [3.63, 3.8) is 0 Å². The molecule has 106 valence electrons. The number of hydrogen-bond acceptors (Lipinski definition) is 5. The van der Waals surface area contributed by atoms with Gasteiger partial charge in [0.1, 0.15) is 5.82 Å². The standard InChI is InChI=1S/C13H18N6O/c1-2-15-13(20)11-4-5-12(18-17-11)16-6-3-8-19-9-7-14-10-19/h4-5,7,9-10H,2-3,6,8H2,1H3,(H,15,20)(H,16,18). The van der Waals surface area contributed by atoms with Crippen LogP contribution in [0.15, 0.2) is 30.9 Å². The molecule has 2 aromatic heterocycles. The van der Waals surface area contributed by atoms with Gasteiger partial charge < -0.3 is 15.2 Å². The largest absolute Gasteiger partial charge is 0.369 e. The molecule has 20 heavy (non-hydrogen) atoms. The number of hydrogen-bond donors (Lipinski definition) is 2. The van der Waals surface area contributed by atoms with Crippen LogP contribution < -0.4 is 10.6 Å². The summed E-state index contributed by atoms with van der Waals surface area (Å²) in [5, 5.41) is 13.7. The Bertz CT molecular complexity index is 522. The second-order valence-corrected chi connectivity index (χ2v) is 4.24. The van der Waals surface area contributed by atoms with Crippen LogP contribution in [0.1, 0.15) is 23.8 Å². The molecule has 0 saturated heterocycles. The molecule has 0 aliphatic carbocycles. The highest BCUT2D eigenvalue weighted by molar-refractivity contribution is 5.92. The van der Waals surface area contributed by atoms with Gasteiger partial charge in [-0.25, -0.2) is 4.98 Å². The van der Waals surface area contributed by atoms with E-state index in [9.17, 15) is 4.79 Å². The maximum absolute atomic E-state index is 11.5. The van der Waals surface area contributed by atoms with Crippen molar-refractivity contribution in [2.24, 2.45) is 0 Å². The average Bonchev–Trinajstić information content (AvgIpc) is 2.98. The molecule has 0 bridgehead atoms. The van der Waals surface area contributed by atoms with Gasteiger partial charge in [-0.05, 0) is 25.5 Å². The molecule has 0 aliphatic heterocycles. The fraction of sp³-hybridized carbons (Fsp3) is 0.385. The molecular weight excluding hydrogens is 256 g/mol. The summed E-state index contributed by atoms with van der Waals surface area (Å²) in [6.07, 6.45) is 6.44. The van der Waals surface area contributed by atoms with Crippen LogP contribution in [0.3, 0.4) is 0 Å². The fourth-order valence-electron chi connectivity index (χ4n) is 1.70. The Kier molecular flexibility index (Phi) is 5.05. The molecule has 7 nitrogen and oxygen atoms in total. The quantitative estimate of drug-likeness (QED) is 0.734. The molecule has 2 N–H and O–H groups in total. The summed E-state index contributed by atoms with van der Waals surface area (Å²) in [6, 6.07) is 3.42. The minimum absolute atomic E-state index is 0.202. The molecule has 0 saturated carbocycles. The first-order valence-corrected chi connectivity index (χ1v) is 6.61. The van der Waals surface area contributed by atoms with E-state index in [0.717, 1.165) is 19.5 Å². The first-order chi connectivity index (χ1) is 9.79. The van der Waals surface area contributed by atoms with Gasteiger partial charge in [-0.3, -0.25) is 4.79 Å². The molecule has 0 radical (unpaired) electrons. The van der Waals surface area contributed by atoms with Crippen molar-refractivity contribution in [2.45, 2.75) is 19.9 Å². The van der Waals surface area contributed by atoms with Gasteiger partial charge in [0.2, 0.25) is 0 Å². The summed E-state index contributed by atoms with van der Waals surface area (Å²) in [6.45, 7) is 4.13. The number of rotatable bonds is 7. The Hall–Kier alpha value is -2.44. The molecule has 0 spiro atoms. The molecule has 0 aliphatic rings. The van der Waals surface area contributed by atoms with E-state index in [0.29, 0.717) is 18.1 Å². The van der Waals surface area contributed by atoms with E-state index >= 15 is 0 Å². The van der Waals surface area contributed by atoms with Gasteiger partial charge in [-0.2, -0.15) is 0 Å². The molecule has 2 aromatic rings. The van der Waals surface area contributed by atoms with Crippen LogP contribution in [0, 0.1) is 0 Å². The van der Waals surface area contributed by atoms with Crippen molar-refractivity contribution in [3.8, 4) is 0 Å². The van der Waals surface area contributed by atoms with Crippen molar-refractivity contribution >= 4 is 11.7 Å². The van der Waals surface area contributed by atoms with Crippen LogP contribution >= 0.6 is 0 Å². The van der Waals surface area contributed by atoms with Gasteiger partial charge in [0.25, 0.3) is 5.91 Å². The monoisotopic (exact) mass is 274 g/mol. The third-order valence-electron chi connectivity index (χ3n) is 2.69. The Balaban J connectivity index is 1.74. The highest BCUT2D eigenvalue weighted by Gasteiger charge is 2.06. The lowest BCUT2D eigenvalue weighted by Crippen LogP contribution is -2.24. The predicted octanol–water partition coefficient (Wildman–Crippen LogP) is 0.925. The van der Waals surface area contributed by atoms with Gasteiger partial charge in [0.05, 0.1) is 6.33 Å². The SMILES string of the molecule is CCNC(=O)c1ccc(NCCCn2ccnc2)nn1. The lowest BCUT2D eigenvalue weighted by molar-refractivity contribution is 0.0950. The Morgan fingerprint density at radius 2 is 2.25 bits per heavy atom. The molecule has 0 aromatic carbocycles. The molecule has 0 unspecified atom stereocenters. The van der Waals surface area contributed by atoms with Crippen molar-refractivity contribution in [2.75, 3.05) is 18.4 Å². The number of anilines is 1. The first-order valence-electron chi connectivity index (χ1n) is 6.61. The van der Waals surface area contributed by atoms with Crippen LogP contribution in [0.25, 0.3) is 0 Å². The number of amides is 1. The van der Waals surface area contributed by atoms with E-state index in [-0.39, 0.29) is 5.91 Å². The summed E-state index contributed by atoms with van der Waals surface area (Å²) in [7, 11) is 0. The zero-order valence-electron chi connectivity index (χ0n) is 11.4. The van der Waals surface area contributed by atoms with E-state index in [1.165, 1.54) is 0 Å². The minimum atomic E-state index is -0.202. The molecule has 2 heterocycles. The molecule has 7 heteroatoms. The van der Waals surface area contributed by atoms with Gasteiger partial charge >= 0.3 is 0 Å². The van der Waals surface area contributed by atoms with E-state index in [1.807, 2.05) is 17.7 Å². The van der Waals surface area contributed by atoms with E-state index in [2.05, 4.69) is 25.8 Å². The molecule has 2 rings (SSSR count). The fourth-order valence-corrected chi connectivity index (χ4v) is 1.70. The Morgan fingerprint density at radius 3 is 2.90 bits per heavy atom. The highest BCUT2D eigenvalue weighted by Crippen LogP contribution is 2.02. The van der Waals surface area contributed by atoms with Crippen molar-refractivity contribution in [1.82, 2.24) is 25.1 Å². The number of nitrogens with one attached hydrogen (secondary N) is 2. The summed E-state index contributed by atoms with van der Waals surface area (Å²) in [4.78, 5) is 15.5.